The molecule has 8 heteroatoms. The fourth-order valence-electron chi connectivity index (χ4n) is 2.62. The van der Waals surface area contributed by atoms with E-state index in [1.54, 1.807) is 11.9 Å². The fraction of sp³-hybridized carbons (Fsp3) is 0.611. The van der Waals surface area contributed by atoms with E-state index in [4.69, 9.17) is 9.47 Å². The van der Waals surface area contributed by atoms with Gasteiger partial charge in [-0.2, -0.15) is 0 Å². The highest BCUT2D eigenvalue weighted by molar-refractivity contribution is 7.89. The van der Waals surface area contributed by atoms with Crippen LogP contribution in [0.3, 0.4) is 0 Å². The molecule has 1 amide bonds. The van der Waals surface area contributed by atoms with Crippen LogP contribution in [-0.2, 0) is 14.8 Å². The van der Waals surface area contributed by atoms with E-state index in [2.05, 4.69) is 18.6 Å². The van der Waals surface area contributed by atoms with Gasteiger partial charge in [-0.1, -0.05) is 13.8 Å². The van der Waals surface area contributed by atoms with Crippen molar-refractivity contribution in [3.05, 3.63) is 18.2 Å². The van der Waals surface area contributed by atoms with Gasteiger partial charge in [0.05, 0.1) is 19.1 Å². The van der Waals surface area contributed by atoms with Gasteiger partial charge in [0.25, 0.3) is 0 Å². The van der Waals surface area contributed by atoms with Gasteiger partial charge in [0.15, 0.2) is 11.5 Å². The first kappa shape index (κ1) is 22.2. The third-order valence-corrected chi connectivity index (χ3v) is 5.62. The van der Waals surface area contributed by atoms with Crippen LogP contribution >= 0.6 is 0 Å². The van der Waals surface area contributed by atoms with Gasteiger partial charge in [0, 0.05) is 32.1 Å². The lowest BCUT2D eigenvalue weighted by molar-refractivity contribution is -0.131. The van der Waals surface area contributed by atoms with Gasteiger partial charge in [-0.3, -0.25) is 4.79 Å². The highest BCUT2D eigenvalue weighted by Gasteiger charge is 2.20. The molecule has 0 saturated heterocycles. The minimum Gasteiger partial charge on any atom is -0.493 e. The van der Waals surface area contributed by atoms with Crippen LogP contribution in [0.25, 0.3) is 0 Å². The number of methoxy groups -OCH3 is 2. The van der Waals surface area contributed by atoms with Crippen molar-refractivity contribution >= 4 is 15.9 Å². The number of benzene rings is 1. The second-order valence-corrected chi connectivity index (χ2v) is 8.41. The third kappa shape index (κ3) is 6.17. The average molecular weight is 387 g/mol. The van der Waals surface area contributed by atoms with E-state index in [-0.39, 0.29) is 29.8 Å². The SMILES string of the molecule is COc1ccc(S(=O)(=O)NCCC(=O)N(C)C(C)CC(C)C)cc1OC. The molecule has 1 rings (SSSR count). The molecule has 1 N–H and O–H groups in total. The number of hydrogen-bond donors (Lipinski definition) is 1. The van der Waals surface area contributed by atoms with Crippen molar-refractivity contribution in [3.8, 4) is 11.5 Å². The lowest BCUT2D eigenvalue weighted by Crippen LogP contribution is -2.38. The number of ether oxygens (including phenoxy) is 2. The van der Waals surface area contributed by atoms with Crippen molar-refractivity contribution in [2.24, 2.45) is 5.92 Å². The first-order valence-electron chi connectivity index (χ1n) is 8.59. The van der Waals surface area contributed by atoms with Crippen molar-refractivity contribution in [1.82, 2.24) is 9.62 Å². The Balaban J connectivity index is 2.67. The largest absolute Gasteiger partial charge is 0.493 e. The quantitative estimate of drug-likeness (QED) is 0.667. The van der Waals surface area contributed by atoms with Gasteiger partial charge in [-0.15, -0.1) is 0 Å². The zero-order valence-electron chi connectivity index (χ0n) is 16.4. The minimum absolute atomic E-state index is 0.0360. The number of nitrogens with zero attached hydrogens (tertiary/aromatic N) is 1. The predicted octanol–water partition coefficient (Wildman–Crippen LogP) is 2.27. The van der Waals surface area contributed by atoms with Crippen molar-refractivity contribution in [1.29, 1.82) is 0 Å². The topological polar surface area (TPSA) is 84.9 Å². The summed E-state index contributed by atoms with van der Waals surface area (Å²) < 4.78 is 37.5. The monoisotopic (exact) mass is 386 g/mol. The second-order valence-electron chi connectivity index (χ2n) is 6.65. The normalized spacial score (nSPS) is 12.7. The Labute approximate surface area is 156 Å². The van der Waals surface area contributed by atoms with Gasteiger partial charge in [-0.05, 0) is 31.4 Å². The summed E-state index contributed by atoms with van der Waals surface area (Å²) >= 11 is 0. The van der Waals surface area contributed by atoms with Crippen LogP contribution in [0, 0.1) is 5.92 Å². The predicted molar refractivity (Wildman–Crippen MR) is 101 cm³/mol. The fourth-order valence-corrected chi connectivity index (χ4v) is 3.67. The maximum Gasteiger partial charge on any atom is 0.240 e. The number of nitrogens with one attached hydrogen (secondary N) is 1. The summed E-state index contributed by atoms with van der Waals surface area (Å²) in [7, 11) is 0.931. The molecule has 1 aromatic rings. The number of hydrogen-bond acceptors (Lipinski definition) is 5. The van der Waals surface area contributed by atoms with Crippen molar-refractivity contribution in [2.75, 3.05) is 27.8 Å². The van der Waals surface area contributed by atoms with E-state index in [1.807, 2.05) is 6.92 Å². The molecule has 0 fully saturated rings. The number of carbonyl (C=O) groups is 1. The molecule has 0 aliphatic rings. The molecule has 1 atom stereocenters. The Morgan fingerprint density at radius 1 is 1.15 bits per heavy atom. The Kier molecular flexibility index (Phi) is 8.36. The van der Waals surface area contributed by atoms with Crippen LogP contribution in [0.1, 0.15) is 33.6 Å². The molecule has 148 valence electrons. The van der Waals surface area contributed by atoms with E-state index in [9.17, 15) is 13.2 Å². The molecular weight excluding hydrogens is 356 g/mol. The summed E-state index contributed by atoms with van der Waals surface area (Å²) in [6.45, 7) is 6.23. The smallest absolute Gasteiger partial charge is 0.240 e. The number of amides is 1. The third-order valence-electron chi connectivity index (χ3n) is 4.16. The van der Waals surface area contributed by atoms with E-state index in [0.29, 0.717) is 17.4 Å². The summed E-state index contributed by atoms with van der Waals surface area (Å²) in [4.78, 5) is 14.0. The molecule has 0 aliphatic carbocycles. The number of sulfonamides is 1. The van der Waals surface area contributed by atoms with E-state index in [0.717, 1.165) is 6.42 Å². The Hall–Kier alpha value is -1.80. The molecule has 0 radical (unpaired) electrons. The molecule has 1 aromatic carbocycles. The van der Waals surface area contributed by atoms with Gasteiger partial charge >= 0.3 is 0 Å². The van der Waals surface area contributed by atoms with E-state index >= 15 is 0 Å². The summed E-state index contributed by atoms with van der Waals surface area (Å²) in [6, 6.07) is 4.46. The highest BCUT2D eigenvalue weighted by atomic mass is 32.2. The maximum absolute atomic E-state index is 12.4. The van der Waals surface area contributed by atoms with Crippen LogP contribution in [-0.4, -0.2) is 53.1 Å². The van der Waals surface area contributed by atoms with Crippen molar-refractivity contribution in [3.63, 3.8) is 0 Å². The molecular formula is C18H30N2O5S. The summed E-state index contributed by atoms with van der Waals surface area (Å²) in [5.74, 6) is 1.17. The van der Waals surface area contributed by atoms with Crippen LogP contribution in [0.2, 0.25) is 0 Å². The van der Waals surface area contributed by atoms with Gasteiger partial charge in [0.1, 0.15) is 0 Å². The van der Waals surface area contributed by atoms with Crippen LogP contribution < -0.4 is 14.2 Å². The van der Waals surface area contributed by atoms with E-state index in [1.165, 1.54) is 32.4 Å². The Morgan fingerprint density at radius 3 is 2.31 bits per heavy atom. The minimum atomic E-state index is -3.73. The molecule has 0 spiro atoms. The van der Waals surface area contributed by atoms with Crippen LogP contribution in [0.4, 0.5) is 0 Å². The number of carbonyl (C=O) groups excluding carboxylic acids is 1. The molecule has 0 heterocycles. The van der Waals surface area contributed by atoms with Crippen LogP contribution in [0.5, 0.6) is 11.5 Å². The molecule has 0 saturated carbocycles. The first-order valence-corrected chi connectivity index (χ1v) is 10.1. The summed E-state index contributed by atoms with van der Waals surface area (Å²) in [6.07, 6.45) is 1.01. The second kappa shape index (κ2) is 9.78. The van der Waals surface area contributed by atoms with Crippen LogP contribution in [0.15, 0.2) is 23.1 Å². The molecule has 0 aromatic heterocycles. The molecule has 0 bridgehead atoms. The molecule has 26 heavy (non-hydrogen) atoms. The average Bonchev–Trinajstić information content (AvgIpc) is 2.59. The van der Waals surface area contributed by atoms with Crippen molar-refractivity contribution < 1.29 is 22.7 Å². The summed E-state index contributed by atoms with van der Waals surface area (Å²) in [5.41, 5.74) is 0. The van der Waals surface area contributed by atoms with E-state index < -0.39 is 10.0 Å². The Bertz CT molecular complexity index is 704. The first-order chi connectivity index (χ1) is 12.1. The molecule has 7 nitrogen and oxygen atoms in total. The highest BCUT2D eigenvalue weighted by Crippen LogP contribution is 2.29. The van der Waals surface area contributed by atoms with Gasteiger partial charge in [0.2, 0.25) is 15.9 Å². The Morgan fingerprint density at radius 2 is 1.77 bits per heavy atom. The molecule has 1 unspecified atom stereocenters. The number of rotatable bonds is 10. The zero-order chi connectivity index (χ0) is 19.9. The maximum atomic E-state index is 12.4. The van der Waals surface area contributed by atoms with Crippen molar-refractivity contribution in [2.45, 2.75) is 44.6 Å². The molecule has 0 aliphatic heterocycles. The van der Waals surface area contributed by atoms with Gasteiger partial charge in [-0.25, -0.2) is 13.1 Å². The lowest BCUT2D eigenvalue weighted by atomic mass is 10.0. The summed E-state index contributed by atoms with van der Waals surface area (Å²) in [5, 5.41) is 0. The standard InChI is InChI=1S/C18H30N2O5S/c1-13(2)11-14(3)20(4)18(21)9-10-19-26(22,23)15-7-8-16(24-5)17(12-15)25-6/h7-8,12-14,19H,9-11H2,1-6H3. The van der Waals surface area contributed by atoms with Gasteiger partial charge < -0.3 is 14.4 Å². The zero-order valence-corrected chi connectivity index (χ0v) is 17.2. The lowest BCUT2D eigenvalue weighted by Gasteiger charge is -2.26.